The summed E-state index contributed by atoms with van der Waals surface area (Å²) in [6.45, 7) is 1.53. The van der Waals surface area contributed by atoms with Gasteiger partial charge in [-0.15, -0.1) is 0 Å². The molecule has 0 saturated carbocycles. The van der Waals surface area contributed by atoms with E-state index in [1.807, 2.05) is 0 Å². The summed E-state index contributed by atoms with van der Waals surface area (Å²) in [5.41, 5.74) is 0.485. The molecule has 1 saturated heterocycles. The standard InChI is InChI=1S/C12H13F2NO2/c1-7-10(11(13)14)15(12(7)16)8-3-5-9(17-2)6-4-8/h3-7,10-11H,1-2H3/t7-,10+/m0/s1. The maximum Gasteiger partial charge on any atom is 0.259 e. The Bertz CT molecular complexity index is 419. The topological polar surface area (TPSA) is 29.5 Å². The lowest BCUT2D eigenvalue weighted by molar-refractivity contribution is -0.133. The van der Waals surface area contributed by atoms with Gasteiger partial charge in [-0.25, -0.2) is 8.78 Å². The number of hydrogen-bond acceptors (Lipinski definition) is 2. The Morgan fingerprint density at radius 2 is 1.88 bits per heavy atom. The average molecular weight is 241 g/mol. The van der Waals surface area contributed by atoms with Crippen molar-refractivity contribution < 1.29 is 18.3 Å². The molecule has 1 aromatic carbocycles. The van der Waals surface area contributed by atoms with Crippen molar-refractivity contribution in [3.05, 3.63) is 24.3 Å². The maximum atomic E-state index is 12.8. The molecule has 1 aromatic rings. The molecule has 0 N–H and O–H groups in total. The van der Waals surface area contributed by atoms with Crippen LogP contribution in [-0.2, 0) is 4.79 Å². The first-order valence-corrected chi connectivity index (χ1v) is 5.31. The van der Waals surface area contributed by atoms with Crippen LogP contribution in [-0.4, -0.2) is 25.5 Å². The molecule has 0 unspecified atom stereocenters. The molecular weight excluding hydrogens is 228 g/mol. The van der Waals surface area contributed by atoms with E-state index in [4.69, 9.17) is 4.74 Å². The van der Waals surface area contributed by atoms with Crippen LogP contribution in [0.2, 0.25) is 0 Å². The maximum absolute atomic E-state index is 12.8. The molecule has 3 nitrogen and oxygen atoms in total. The fourth-order valence-corrected chi connectivity index (χ4v) is 2.03. The fraction of sp³-hybridized carbons (Fsp3) is 0.417. The number of methoxy groups -OCH3 is 1. The molecule has 1 aliphatic rings. The molecule has 1 aliphatic heterocycles. The van der Waals surface area contributed by atoms with Crippen molar-refractivity contribution >= 4 is 11.6 Å². The van der Waals surface area contributed by atoms with Crippen molar-refractivity contribution in [2.45, 2.75) is 19.4 Å². The monoisotopic (exact) mass is 241 g/mol. The first-order chi connectivity index (χ1) is 8.06. The lowest BCUT2D eigenvalue weighted by Crippen LogP contribution is -2.63. The van der Waals surface area contributed by atoms with Crippen molar-refractivity contribution in [2.24, 2.45) is 5.92 Å². The summed E-state index contributed by atoms with van der Waals surface area (Å²) >= 11 is 0. The number of nitrogens with zero attached hydrogens (tertiary/aromatic N) is 1. The highest BCUT2D eigenvalue weighted by molar-refractivity contribution is 6.02. The minimum atomic E-state index is -2.52. The minimum absolute atomic E-state index is 0.263. The third kappa shape index (κ3) is 1.85. The van der Waals surface area contributed by atoms with E-state index in [1.165, 1.54) is 14.0 Å². The van der Waals surface area contributed by atoms with Crippen molar-refractivity contribution in [1.29, 1.82) is 0 Å². The molecule has 0 bridgehead atoms. The van der Waals surface area contributed by atoms with Gasteiger partial charge in [-0.2, -0.15) is 0 Å². The van der Waals surface area contributed by atoms with Crippen LogP contribution >= 0.6 is 0 Å². The number of carbonyl (C=O) groups is 1. The number of rotatable bonds is 3. The zero-order valence-electron chi connectivity index (χ0n) is 9.56. The van der Waals surface area contributed by atoms with E-state index in [1.54, 1.807) is 24.3 Å². The molecule has 17 heavy (non-hydrogen) atoms. The van der Waals surface area contributed by atoms with Gasteiger partial charge in [-0.3, -0.25) is 4.79 Å². The van der Waals surface area contributed by atoms with Crippen LogP contribution in [0.1, 0.15) is 6.92 Å². The molecule has 2 atom stereocenters. The van der Waals surface area contributed by atoms with Crippen LogP contribution in [0.4, 0.5) is 14.5 Å². The van der Waals surface area contributed by atoms with Crippen LogP contribution in [0.5, 0.6) is 5.75 Å². The van der Waals surface area contributed by atoms with Gasteiger partial charge in [-0.05, 0) is 24.3 Å². The summed E-state index contributed by atoms with van der Waals surface area (Å²) < 4.78 is 30.5. The summed E-state index contributed by atoms with van der Waals surface area (Å²) in [5.74, 6) is -0.249. The Morgan fingerprint density at radius 3 is 2.35 bits per heavy atom. The molecule has 92 valence electrons. The van der Waals surface area contributed by atoms with Gasteiger partial charge < -0.3 is 9.64 Å². The number of hydrogen-bond donors (Lipinski definition) is 0. The Balaban J connectivity index is 2.23. The number of β-lactam (4-membered cyclic amide) rings is 1. The normalized spacial score (nSPS) is 23.8. The van der Waals surface area contributed by atoms with E-state index in [9.17, 15) is 13.6 Å². The zero-order valence-corrected chi connectivity index (χ0v) is 9.56. The molecular formula is C12H13F2NO2. The predicted molar refractivity (Wildman–Crippen MR) is 59.4 cm³/mol. The number of alkyl halides is 2. The number of ether oxygens (including phenoxy) is 1. The van der Waals surface area contributed by atoms with Crippen molar-refractivity contribution in [3.63, 3.8) is 0 Å². The van der Waals surface area contributed by atoms with Gasteiger partial charge in [-0.1, -0.05) is 6.92 Å². The second kappa shape index (κ2) is 4.31. The van der Waals surface area contributed by atoms with Gasteiger partial charge in [0.05, 0.1) is 13.0 Å². The molecule has 1 amide bonds. The molecule has 0 radical (unpaired) electrons. The molecule has 0 aliphatic carbocycles. The largest absolute Gasteiger partial charge is 0.497 e. The highest BCUT2D eigenvalue weighted by Crippen LogP contribution is 2.36. The van der Waals surface area contributed by atoms with Crippen LogP contribution in [0.15, 0.2) is 24.3 Å². The number of amides is 1. The van der Waals surface area contributed by atoms with Crippen LogP contribution < -0.4 is 9.64 Å². The Hall–Kier alpha value is -1.65. The first kappa shape index (κ1) is 11.8. The molecule has 0 spiro atoms. The van der Waals surface area contributed by atoms with Crippen molar-refractivity contribution in [1.82, 2.24) is 0 Å². The van der Waals surface area contributed by atoms with E-state index < -0.39 is 18.4 Å². The van der Waals surface area contributed by atoms with Crippen LogP contribution in [0, 0.1) is 5.92 Å². The quantitative estimate of drug-likeness (QED) is 0.760. The van der Waals surface area contributed by atoms with Gasteiger partial charge in [0.25, 0.3) is 6.43 Å². The smallest absolute Gasteiger partial charge is 0.259 e. The van der Waals surface area contributed by atoms with Crippen LogP contribution in [0.25, 0.3) is 0 Å². The minimum Gasteiger partial charge on any atom is -0.497 e. The van der Waals surface area contributed by atoms with E-state index in [0.717, 1.165) is 4.90 Å². The van der Waals surface area contributed by atoms with E-state index in [0.29, 0.717) is 11.4 Å². The number of benzene rings is 1. The Morgan fingerprint density at radius 1 is 1.29 bits per heavy atom. The number of halogens is 2. The van der Waals surface area contributed by atoms with E-state index in [-0.39, 0.29) is 5.91 Å². The third-order valence-corrected chi connectivity index (χ3v) is 3.05. The Labute approximate surface area is 98.0 Å². The zero-order chi connectivity index (χ0) is 12.6. The van der Waals surface area contributed by atoms with E-state index >= 15 is 0 Å². The van der Waals surface area contributed by atoms with Gasteiger partial charge >= 0.3 is 0 Å². The Kier molecular flexibility index (Phi) is 3.00. The molecule has 1 fully saturated rings. The van der Waals surface area contributed by atoms with E-state index in [2.05, 4.69) is 0 Å². The molecule has 1 heterocycles. The molecule has 5 heteroatoms. The first-order valence-electron chi connectivity index (χ1n) is 5.31. The second-order valence-corrected chi connectivity index (χ2v) is 4.02. The van der Waals surface area contributed by atoms with Gasteiger partial charge in [0, 0.05) is 5.69 Å². The summed E-state index contributed by atoms with van der Waals surface area (Å²) in [7, 11) is 1.52. The van der Waals surface area contributed by atoms with Gasteiger partial charge in [0.2, 0.25) is 5.91 Å². The molecule has 0 aromatic heterocycles. The van der Waals surface area contributed by atoms with Crippen molar-refractivity contribution in [3.8, 4) is 5.75 Å². The van der Waals surface area contributed by atoms with Crippen LogP contribution in [0.3, 0.4) is 0 Å². The summed E-state index contributed by atoms with van der Waals surface area (Å²) in [4.78, 5) is 12.7. The second-order valence-electron chi connectivity index (χ2n) is 4.02. The highest BCUT2D eigenvalue weighted by atomic mass is 19.3. The average Bonchev–Trinajstić information content (AvgIpc) is 2.34. The van der Waals surface area contributed by atoms with Gasteiger partial charge in [0.15, 0.2) is 0 Å². The lowest BCUT2D eigenvalue weighted by Gasteiger charge is -2.45. The lowest BCUT2D eigenvalue weighted by atomic mass is 9.88. The molecule has 2 rings (SSSR count). The number of anilines is 1. The van der Waals surface area contributed by atoms with Gasteiger partial charge in [0.1, 0.15) is 11.8 Å². The SMILES string of the molecule is COc1ccc(N2C(=O)[C@@H](C)[C@@H]2C(F)F)cc1. The fourth-order valence-electron chi connectivity index (χ4n) is 2.03. The highest BCUT2D eigenvalue weighted by Gasteiger charge is 2.50. The predicted octanol–water partition coefficient (Wildman–Crippen LogP) is 2.31. The summed E-state index contributed by atoms with van der Waals surface area (Å²) in [6, 6.07) is 5.49. The van der Waals surface area contributed by atoms with Crippen molar-refractivity contribution in [2.75, 3.05) is 12.0 Å². The third-order valence-electron chi connectivity index (χ3n) is 3.05. The summed E-state index contributed by atoms with van der Waals surface area (Å²) in [5, 5.41) is 0. The number of carbonyl (C=O) groups excluding carboxylic acids is 1. The summed E-state index contributed by atoms with van der Waals surface area (Å²) in [6.07, 6.45) is -2.52.